The lowest BCUT2D eigenvalue weighted by atomic mass is 10.2. The van der Waals surface area contributed by atoms with Crippen molar-refractivity contribution < 1.29 is 4.42 Å². The molecule has 0 aromatic carbocycles. The van der Waals surface area contributed by atoms with Crippen LogP contribution >= 0.6 is 0 Å². The van der Waals surface area contributed by atoms with Crippen molar-refractivity contribution in [1.29, 1.82) is 0 Å². The van der Waals surface area contributed by atoms with Crippen LogP contribution in [0.3, 0.4) is 0 Å². The maximum atomic E-state index is 5.04. The van der Waals surface area contributed by atoms with Crippen molar-refractivity contribution in [2.24, 2.45) is 4.99 Å². The highest BCUT2D eigenvalue weighted by Crippen LogP contribution is 2.21. The van der Waals surface area contributed by atoms with Gasteiger partial charge < -0.3 is 4.42 Å². The van der Waals surface area contributed by atoms with Crippen LogP contribution < -0.4 is 0 Å². The highest BCUT2D eigenvalue weighted by Gasteiger charge is 1.98. The highest BCUT2D eigenvalue weighted by molar-refractivity contribution is 5.62. The third-order valence-corrected chi connectivity index (χ3v) is 1.26. The van der Waals surface area contributed by atoms with Crippen LogP contribution in [0.2, 0.25) is 0 Å². The second-order valence-electron chi connectivity index (χ2n) is 2.56. The summed E-state index contributed by atoms with van der Waals surface area (Å²) in [7, 11) is 0. The maximum absolute atomic E-state index is 5.04. The fraction of sp³-hybridized carbons (Fsp3) is 0.222. The lowest BCUT2D eigenvalue weighted by Crippen LogP contribution is -1.66. The molecule has 0 fully saturated rings. The quantitative estimate of drug-likeness (QED) is 0.593. The topological polar surface area (TPSA) is 25.5 Å². The van der Waals surface area contributed by atoms with Crippen molar-refractivity contribution in [1.82, 2.24) is 0 Å². The van der Waals surface area contributed by atoms with E-state index in [2.05, 4.69) is 11.7 Å². The Labute approximate surface area is 66.3 Å². The summed E-state index contributed by atoms with van der Waals surface area (Å²) in [5.41, 5.74) is 2.20. The van der Waals surface area contributed by atoms with E-state index >= 15 is 0 Å². The van der Waals surface area contributed by atoms with E-state index in [9.17, 15) is 0 Å². The van der Waals surface area contributed by atoms with Gasteiger partial charge in [-0.1, -0.05) is 11.6 Å². The lowest BCUT2D eigenvalue weighted by Gasteiger charge is -1.89. The molecule has 1 aromatic heterocycles. The third kappa shape index (κ3) is 1.80. The molecule has 0 spiro atoms. The van der Waals surface area contributed by atoms with Gasteiger partial charge in [-0.2, -0.15) is 0 Å². The van der Waals surface area contributed by atoms with Gasteiger partial charge in [0.1, 0.15) is 0 Å². The molecule has 1 aromatic rings. The Morgan fingerprint density at radius 2 is 2.36 bits per heavy atom. The zero-order valence-electron chi connectivity index (χ0n) is 6.79. The number of hydrogen-bond donors (Lipinski definition) is 0. The zero-order chi connectivity index (χ0) is 8.27. The molecule has 0 atom stereocenters. The molecular formula is C9H11NO. The predicted molar refractivity (Wildman–Crippen MR) is 47.2 cm³/mol. The first-order valence-electron chi connectivity index (χ1n) is 3.43. The van der Waals surface area contributed by atoms with Crippen molar-refractivity contribution in [3.8, 4) is 0 Å². The molecule has 0 aliphatic heterocycles. The van der Waals surface area contributed by atoms with Gasteiger partial charge in [-0.05, 0) is 26.6 Å². The molecule has 0 aliphatic carbocycles. The van der Waals surface area contributed by atoms with E-state index in [0.717, 1.165) is 5.56 Å². The first kappa shape index (κ1) is 7.79. The molecule has 58 valence electrons. The van der Waals surface area contributed by atoms with E-state index < -0.39 is 0 Å². The zero-order valence-corrected chi connectivity index (χ0v) is 6.79. The number of hydrogen-bond acceptors (Lipinski definition) is 2. The Hall–Kier alpha value is -1.31. The molecule has 0 bridgehead atoms. The fourth-order valence-electron chi connectivity index (χ4n) is 0.861. The van der Waals surface area contributed by atoms with E-state index in [0.29, 0.717) is 5.88 Å². The summed E-state index contributed by atoms with van der Waals surface area (Å²) in [4.78, 5) is 3.72. The van der Waals surface area contributed by atoms with Crippen molar-refractivity contribution in [3.05, 3.63) is 23.5 Å². The molecule has 1 heterocycles. The average molecular weight is 149 g/mol. The summed E-state index contributed by atoms with van der Waals surface area (Å²) in [5, 5.41) is 0. The molecule has 0 radical (unpaired) electrons. The normalized spacial score (nSPS) is 9.27. The Bertz CT molecular complexity index is 280. The lowest BCUT2D eigenvalue weighted by molar-refractivity contribution is 0.578. The van der Waals surface area contributed by atoms with E-state index in [4.69, 9.17) is 4.42 Å². The minimum absolute atomic E-state index is 0.589. The largest absolute Gasteiger partial charge is 0.446 e. The summed E-state index contributed by atoms with van der Waals surface area (Å²) in [6.45, 7) is 7.45. The number of furan rings is 1. The molecule has 11 heavy (non-hydrogen) atoms. The fourth-order valence-corrected chi connectivity index (χ4v) is 0.861. The summed E-state index contributed by atoms with van der Waals surface area (Å²) >= 11 is 0. The van der Waals surface area contributed by atoms with Crippen molar-refractivity contribution in [2.75, 3.05) is 0 Å². The maximum Gasteiger partial charge on any atom is 0.225 e. The minimum Gasteiger partial charge on any atom is -0.446 e. The SMILES string of the molecule is C=Nc1occc1C=C(C)C. The van der Waals surface area contributed by atoms with Crippen LogP contribution in [-0.2, 0) is 0 Å². The van der Waals surface area contributed by atoms with Gasteiger partial charge in [-0.25, -0.2) is 4.99 Å². The summed E-state index contributed by atoms with van der Waals surface area (Å²) in [6, 6.07) is 1.87. The number of nitrogens with zero attached hydrogens (tertiary/aromatic N) is 1. The van der Waals surface area contributed by atoms with Crippen molar-refractivity contribution >= 4 is 18.7 Å². The standard InChI is InChI=1S/C9H11NO/c1-7(2)6-8-4-5-11-9(8)10-3/h4-6H,3H2,1-2H3. The molecule has 0 N–H and O–H groups in total. The van der Waals surface area contributed by atoms with E-state index in [1.165, 1.54) is 5.57 Å². The van der Waals surface area contributed by atoms with Gasteiger partial charge in [-0.15, -0.1) is 0 Å². The van der Waals surface area contributed by atoms with Crippen LogP contribution in [0.25, 0.3) is 6.08 Å². The molecule has 2 heteroatoms. The Kier molecular flexibility index (Phi) is 2.26. The van der Waals surface area contributed by atoms with Gasteiger partial charge in [0.15, 0.2) is 0 Å². The molecule has 2 nitrogen and oxygen atoms in total. The summed E-state index contributed by atoms with van der Waals surface area (Å²) < 4.78 is 5.04. The van der Waals surface area contributed by atoms with E-state index in [-0.39, 0.29) is 0 Å². The van der Waals surface area contributed by atoms with Crippen LogP contribution in [0.4, 0.5) is 5.88 Å². The highest BCUT2D eigenvalue weighted by atomic mass is 16.3. The predicted octanol–water partition coefficient (Wildman–Crippen LogP) is 3.03. The number of aliphatic imine (C=N–C) groups is 1. The van der Waals surface area contributed by atoms with Crippen LogP contribution in [0.15, 0.2) is 27.3 Å². The molecule has 1 rings (SSSR count). The van der Waals surface area contributed by atoms with Gasteiger partial charge in [0.2, 0.25) is 5.88 Å². The van der Waals surface area contributed by atoms with Gasteiger partial charge in [0.25, 0.3) is 0 Å². The first-order valence-corrected chi connectivity index (χ1v) is 3.43. The van der Waals surface area contributed by atoms with Crippen LogP contribution in [-0.4, -0.2) is 6.72 Å². The van der Waals surface area contributed by atoms with Gasteiger partial charge >= 0.3 is 0 Å². The van der Waals surface area contributed by atoms with E-state index in [1.807, 2.05) is 26.0 Å². The smallest absolute Gasteiger partial charge is 0.225 e. The van der Waals surface area contributed by atoms with Gasteiger partial charge in [0.05, 0.1) is 6.26 Å². The molecule has 0 saturated carbocycles. The Morgan fingerprint density at radius 3 is 2.91 bits per heavy atom. The molecule has 0 saturated heterocycles. The van der Waals surface area contributed by atoms with Crippen molar-refractivity contribution in [3.63, 3.8) is 0 Å². The molecule has 0 unspecified atom stereocenters. The van der Waals surface area contributed by atoms with Gasteiger partial charge in [0, 0.05) is 5.56 Å². The molecular weight excluding hydrogens is 138 g/mol. The number of allylic oxidation sites excluding steroid dienone is 1. The first-order chi connectivity index (χ1) is 5.24. The van der Waals surface area contributed by atoms with Crippen LogP contribution in [0, 0.1) is 0 Å². The summed E-state index contributed by atoms with van der Waals surface area (Å²) in [6.07, 6.45) is 3.62. The molecule has 0 aliphatic rings. The summed E-state index contributed by atoms with van der Waals surface area (Å²) in [5.74, 6) is 0.589. The monoisotopic (exact) mass is 149 g/mol. The van der Waals surface area contributed by atoms with Crippen molar-refractivity contribution in [2.45, 2.75) is 13.8 Å². The van der Waals surface area contributed by atoms with Crippen LogP contribution in [0.1, 0.15) is 19.4 Å². The Balaban J connectivity index is 3.03. The van der Waals surface area contributed by atoms with Gasteiger partial charge in [-0.3, -0.25) is 0 Å². The molecule has 0 amide bonds. The third-order valence-electron chi connectivity index (χ3n) is 1.26. The van der Waals surface area contributed by atoms with E-state index in [1.54, 1.807) is 6.26 Å². The van der Waals surface area contributed by atoms with Crippen LogP contribution in [0.5, 0.6) is 0 Å². The minimum atomic E-state index is 0.589. The second-order valence-corrected chi connectivity index (χ2v) is 2.56. The Morgan fingerprint density at radius 1 is 1.64 bits per heavy atom. The second kappa shape index (κ2) is 3.19. The average Bonchev–Trinajstić information content (AvgIpc) is 2.34. The number of rotatable bonds is 2.